The summed E-state index contributed by atoms with van der Waals surface area (Å²) in [6.07, 6.45) is 15.7. The highest BCUT2D eigenvalue weighted by Gasteiger charge is 2.20. The van der Waals surface area contributed by atoms with Gasteiger partial charge in [0, 0.05) is 37.3 Å². The van der Waals surface area contributed by atoms with Crippen LogP contribution < -0.4 is 10.6 Å². The van der Waals surface area contributed by atoms with Crippen LogP contribution in [0.3, 0.4) is 0 Å². The molecule has 0 saturated heterocycles. The van der Waals surface area contributed by atoms with Gasteiger partial charge in [-0.1, -0.05) is 82.2 Å². The Morgan fingerprint density at radius 2 is 0.710 bits per heavy atom. The lowest BCUT2D eigenvalue weighted by Gasteiger charge is -2.14. The quantitative estimate of drug-likeness (QED) is 0.0261. The number of rotatable bonds is 58. The Morgan fingerprint density at radius 1 is 0.406 bits per heavy atom. The lowest BCUT2D eigenvalue weighted by atomic mass is 10.0. The van der Waals surface area contributed by atoms with E-state index in [-0.39, 0.29) is 50.6 Å². The van der Waals surface area contributed by atoms with E-state index in [9.17, 15) is 24.3 Å². The maximum absolute atomic E-state index is 12.3. The van der Waals surface area contributed by atoms with Gasteiger partial charge >= 0.3 is 11.9 Å². The Hall–Kier alpha value is -3.25. The molecule has 0 fully saturated rings. The van der Waals surface area contributed by atoms with Gasteiger partial charge in [-0.25, -0.2) is 4.79 Å². The second-order valence-corrected chi connectivity index (χ2v) is 15.9. The molecule has 1 unspecified atom stereocenters. The van der Waals surface area contributed by atoms with Crippen molar-refractivity contribution in [2.75, 3.05) is 158 Å². The summed E-state index contributed by atoms with van der Waals surface area (Å²) in [6.45, 7) is 10.2. The van der Waals surface area contributed by atoms with Crippen LogP contribution in [0.25, 0.3) is 10.4 Å². The van der Waals surface area contributed by atoms with Crippen LogP contribution in [0.4, 0.5) is 0 Å². The molecular formula is C47H89N5O17. The van der Waals surface area contributed by atoms with E-state index in [4.69, 9.17) is 62.7 Å². The van der Waals surface area contributed by atoms with E-state index in [0.29, 0.717) is 152 Å². The monoisotopic (exact) mass is 996 g/mol. The van der Waals surface area contributed by atoms with Gasteiger partial charge in [0.05, 0.1) is 145 Å². The molecule has 0 aliphatic rings. The average Bonchev–Trinajstić information content (AvgIpc) is 3.33. The van der Waals surface area contributed by atoms with Crippen LogP contribution in [0.2, 0.25) is 0 Å². The van der Waals surface area contributed by atoms with Crippen molar-refractivity contribution in [2.24, 2.45) is 5.11 Å². The summed E-state index contributed by atoms with van der Waals surface area (Å²) in [5.41, 5.74) is 8.16. The van der Waals surface area contributed by atoms with Crippen molar-refractivity contribution >= 4 is 23.8 Å². The molecule has 22 heteroatoms. The van der Waals surface area contributed by atoms with Crippen LogP contribution in [-0.2, 0) is 71.3 Å². The number of hydrogen-bond acceptors (Lipinski definition) is 16. The SMILES string of the molecule is [N-]=[N+]=NCCOCCOCCOCCOCCOCCOCCOCCOCCOCCOCCOCCNC(=O)CCC(NC(=O)CCCCCCCCCCCCCCCCC(=O)O)C(=O)O. The standard InChI is InChI=1S/C47H89N5O17/c48-52-50-20-22-60-24-26-62-28-30-64-32-34-66-36-38-68-40-42-69-41-39-67-37-35-65-33-31-63-29-27-61-25-23-59-21-19-49-44(53)18-17-43(47(57)58)51-45(54)15-13-11-9-7-5-3-1-2-4-6-8-10-12-14-16-46(55)56/h43H,1-42H2,(H,49,53)(H,51,54)(H,55,56)(H,57,58). The molecule has 0 bridgehead atoms. The van der Waals surface area contributed by atoms with Crippen LogP contribution in [-0.4, -0.2) is 198 Å². The topological polar surface area (TPSA) is 283 Å². The van der Waals surface area contributed by atoms with Gasteiger partial charge in [0.1, 0.15) is 6.04 Å². The number of aliphatic carboxylic acids is 2. The molecule has 0 aromatic carbocycles. The number of amides is 2. The van der Waals surface area contributed by atoms with Crippen LogP contribution in [0, 0.1) is 0 Å². The summed E-state index contributed by atoms with van der Waals surface area (Å²) in [5.74, 6) is -2.49. The number of nitrogens with zero attached hydrogens (tertiary/aromatic N) is 3. The Bertz CT molecular complexity index is 1220. The minimum atomic E-state index is -1.16. The van der Waals surface area contributed by atoms with Gasteiger partial charge in [0.25, 0.3) is 0 Å². The lowest BCUT2D eigenvalue weighted by molar-refractivity contribution is -0.142. The van der Waals surface area contributed by atoms with E-state index < -0.39 is 18.0 Å². The van der Waals surface area contributed by atoms with Crippen molar-refractivity contribution in [1.29, 1.82) is 0 Å². The fourth-order valence-electron chi connectivity index (χ4n) is 6.28. The third-order valence-electron chi connectivity index (χ3n) is 10.0. The number of carbonyl (C=O) groups is 4. The Labute approximate surface area is 410 Å². The third kappa shape index (κ3) is 55.5. The molecule has 0 saturated carbocycles. The number of nitrogens with one attached hydrogen (secondary N) is 2. The molecule has 2 amide bonds. The number of carboxylic acid groups (broad SMARTS) is 2. The van der Waals surface area contributed by atoms with Crippen molar-refractivity contribution in [3.05, 3.63) is 10.4 Å². The van der Waals surface area contributed by atoms with Gasteiger partial charge in [0.2, 0.25) is 11.8 Å². The van der Waals surface area contributed by atoms with Gasteiger partial charge in [-0.3, -0.25) is 14.4 Å². The van der Waals surface area contributed by atoms with Crippen LogP contribution >= 0.6 is 0 Å². The maximum atomic E-state index is 12.3. The van der Waals surface area contributed by atoms with Crippen LogP contribution in [0.5, 0.6) is 0 Å². The van der Waals surface area contributed by atoms with E-state index in [1.165, 1.54) is 44.9 Å². The van der Waals surface area contributed by atoms with Gasteiger partial charge in [-0.15, -0.1) is 0 Å². The second-order valence-electron chi connectivity index (χ2n) is 15.9. The van der Waals surface area contributed by atoms with Gasteiger partial charge in [0.15, 0.2) is 0 Å². The van der Waals surface area contributed by atoms with Gasteiger partial charge in [-0.05, 0) is 24.8 Å². The smallest absolute Gasteiger partial charge is 0.326 e. The largest absolute Gasteiger partial charge is 0.481 e. The van der Waals surface area contributed by atoms with Gasteiger partial charge in [-0.2, -0.15) is 0 Å². The van der Waals surface area contributed by atoms with Crippen molar-refractivity contribution < 1.29 is 81.5 Å². The molecule has 22 nitrogen and oxygen atoms in total. The van der Waals surface area contributed by atoms with Crippen molar-refractivity contribution in [1.82, 2.24) is 10.6 Å². The van der Waals surface area contributed by atoms with E-state index in [1.54, 1.807) is 0 Å². The average molecular weight is 996 g/mol. The highest BCUT2D eigenvalue weighted by Crippen LogP contribution is 2.14. The number of hydrogen-bond donors (Lipinski definition) is 4. The summed E-state index contributed by atoms with van der Waals surface area (Å²) in [4.78, 5) is 49.4. The molecule has 1 atom stereocenters. The fourth-order valence-corrected chi connectivity index (χ4v) is 6.28. The molecule has 0 heterocycles. The van der Waals surface area contributed by atoms with Crippen LogP contribution in [0.1, 0.15) is 116 Å². The third-order valence-corrected chi connectivity index (χ3v) is 10.0. The second kappa shape index (κ2) is 55.7. The van der Waals surface area contributed by atoms with E-state index >= 15 is 0 Å². The van der Waals surface area contributed by atoms with Crippen molar-refractivity contribution in [3.63, 3.8) is 0 Å². The predicted octanol–water partition coefficient (Wildman–Crippen LogP) is 5.27. The molecule has 0 aromatic rings. The first-order chi connectivity index (χ1) is 33.9. The van der Waals surface area contributed by atoms with Crippen LogP contribution in [0.15, 0.2) is 5.11 Å². The summed E-state index contributed by atoms with van der Waals surface area (Å²) in [6, 6.07) is -1.11. The molecular weight excluding hydrogens is 907 g/mol. The fraction of sp³-hybridized carbons (Fsp3) is 0.915. The summed E-state index contributed by atoms with van der Waals surface area (Å²) < 4.78 is 59.8. The first kappa shape index (κ1) is 65.8. The molecule has 0 aliphatic carbocycles. The van der Waals surface area contributed by atoms with Crippen molar-refractivity contribution in [2.45, 2.75) is 122 Å². The zero-order chi connectivity index (χ0) is 50.2. The Balaban J connectivity index is 3.40. The Kier molecular flexibility index (Phi) is 53.1. The number of carbonyl (C=O) groups excluding carboxylic acids is 2. The summed E-state index contributed by atoms with van der Waals surface area (Å²) in [7, 11) is 0. The minimum absolute atomic E-state index is 0.00527. The zero-order valence-electron chi connectivity index (χ0n) is 41.6. The van der Waals surface area contributed by atoms with E-state index in [1.807, 2.05) is 0 Å². The van der Waals surface area contributed by atoms with E-state index in [0.717, 1.165) is 38.5 Å². The molecule has 0 rings (SSSR count). The summed E-state index contributed by atoms with van der Waals surface area (Å²) in [5, 5.41) is 26.8. The molecule has 4 N–H and O–H groups in total. The molecule has 0 radical (unpaired) electrons. The molecule has 0 aromatic heterocycles. The molecule has 404 valence electrons. The number of azide groups is 1. The maximum Gasteiger partial charge on any atom is 0.326 e. The number of carboxylic acids is 2. The normalized spacial score (nSPS) is 11.7. The highest BCUT2D eigenvalue weighted by molar-refractivity contribution is 5.84. The first-order valence-electron chi connectivity index (χ1n) is 25.2. The number of unbranched alkanes of at least 4 members (excludes halogenated alkanes) is 13. The summed E-state index contributed by atoms with van der Waals surface area (Å²) >= 11 is 0. The molecule has 0 aliphatic heterocycles. The Morgan fingerprint density at radius 3 is 1.03 bits per heavy atom. The van der Waals surface area contributed by atoms with Gasteiger partial charge < -0.3 is 73.0 Å². The lowest BCUT2D eigenvalue weighted by Crippen LogP contribution is -2.41. The van der Waals surface area contributed by atoms with E-state index in [2.05, 4.69) is 20.7 Å². The highest BCUT2D eigenvalue weighted by atomic mass is 16.6. The first-order valence-corrected chi connectivity index (χ1v) is 25.2. The predicted molar refractivity (Wildman–Crippen MR) is 256 cm³/mol. The molecule has 0 spiro atoms. The van der Waals surface area contributed by atoms with Crippen molar-refractivity contribution in [3.8, 4) is 0 Å². The molecule has 69 heavy (non-hydrogen) atoms. The number of ether oxygens (including phenoxy) is 11. The minimum Gasteiger partial charge on any atom is -0.481 e. The zero-order valence-corrected chi connectivity index (χ0v) is 41.6.